The molecule has 98 valence electrons. The quantitative estimate of drug-likeness (QED) is 0.862. The average Bonchev–Trinajstić information content (AvgIpc) is 2.79. The molecule has 1 aromatic carbocycles. The summed E-state index contributed by atoms with van der Waals surface area (Å²) in [7, 11) is 0. The minimum absolute atomic E-state index is 0.793. The van der Waals surface area contributed by atoms with Crippen molar-refractivity contribution in [2.45, 2.75) is 20.3 Å². The molecule has 0 atom stereocenters. The van der Waals surface area contributed by atoms with Gasteiger partial charge in [-0.25, -0.2) is 9.78 Å². The summed E-state index contributed by atoms with van der Waals surface area (Å²) >= 11 is 1.53. The molecule has 0 aliphatic heterocycles. The van der Waals surface area contributed by atoms with Crippen LogP contribution in [0.5, 0.6) is 0 Å². The van der Waals surface area contributed by atoms with Crippen molar-refractivity contribution < 1.29 is 9.90 Å². The van der Waals surface area contributed by atoms with Crippen LogP contribution in [0.2, 0.25) is 0 Å². The predicted octanol–water partition coefficient (Wildman–Crippen LogP) is 3.78. The maximum atomic E-state index is 10.6. The van der Waals surface area contributed by atoms with Gasteiger partial charge in [-0.1, -0.05) is 30.7 Å². The first kappa shape index (κ1) is 13.5. The van der Waals surface area contributed by atoms with Gasteiger partial charge in [0.1, 0.15) is 5.01 Å². The fraction of sp³-hybridized carbons (Fsp3) is 0.200. The van der Waals surface area contributed by atoms with E-state index in [1.165, 1.54) is 16.9 Å². The van der Waals surface area contributed by atoms with Gasteiger partial charge in [-0.15, -0.1) is 11.3 Å². The number of hydrogen-bond acceptors (Lipinski definition) is 3. The minimum Gasteiger partial charge on any atom is -0.478 e. The topological polar surface area (TPSA) is 50.2 Å². The molecule has 1 N–H and O–H groups in total. The van der Waals surface area contributed by atoms with Gasteiger partial charge in [0.05, 0.1) is 10.6 Å². The molecule has 0 aliphatic carbocycles. The van der Waals surface area contributed by atoms with Crippen molar-refractivity contribution in [2.24, 2.45) is 0 Å². The summed E-state index contributed by atoms with van der Waals surface area (Å²) in [5.41, 5.74) is 3.21. The van der Waals surface area contributed by atoms with E-state index in [0.717, 1.165) is 33.6 Å². The Morgan fingerprint density at radius 2 is 2.26 bits per heavy atom. The summed E-state index contributed by atoms with van der Waals surface area (Å²) in [5.74, 6) is -0.937. The van der Waals surface area contributed by atoms with Crippen molar-refractivity contribution in [3.05, 3.63) is 46.5 Å². The lowest BCUT2D eigenvalue weighted by molar-refractivity contribution is -0.131. The zero-order chi connectivity index (χ0) is 13.8. The normalized spacial score (nSPS) is 11.1. The van der Waals surface area contributed by atoms with E-state index >= 15 is 0 Å². The zero-order valence-corrected chi connectivity index (χ0v) is 11.7. The number of carboxylic acids is 1. The number of carboxylic acid groups (broad SMARTS) is 1. The fourth-order valence-electron chi connectivity index (χ4n) is 1.80. The van der Waals surface area contributed by atoms with Crippen molar-refractivity contribution in [3.63, 3.8) is 0 Å². The Morgan fingerprint density at radius 1 is 1.47 bits per heavy atom. The second kappa shape index (κ2) is 5.80. The van der Waals surface area contributed by atoms with Crippen molar-refractivity contribution in [3.8, 4) is 10.6 Å². The highest BCUT2D eigenvalue weighted by molar-refractivity contribution is 7.16. The maximum Gasteiger partial charge on any atom is 0.328 e. The molecular formula is C15H15NO2S. The van der Waals surface area contributed by atoms with Crippen molar-refractivity contribution >= 4 is 23.4 Å². The van der Waals surface area contributed by atoms with Crippen LogP contribution in [-0.4, -0.2) is 16.1 Å². The molecule has 0 aliphatic rings. The molecule has 0 saturated carbocycles. The van der Waals surface area contributed by atoms with Gasteiger partial charge in [0.2, 0.25) is 0 Å². The molecule has 0 spiro atoms. The molecule has 3 nitrogen and oxygen atoms in total. The van der Waals surface area contributed by atoms with E-state index < -0.39 is 5.97 Å². The highest BCUT2D eigenvalue weighted by Gasteiger charge is 2.09. The van der Waals surface area contributed by atoms with E-state index in [2.05, 4.69) is 11.1 Å². The number of aromatic nitrogens is 1. The van der Waals surface area contributed by atoms with Gasteiger partial charge >= 0.3 is 5.97 Å². The van der Waals surface area contributed by atoms with Crippen LogP contribution in [0, 0.1) is 6.92 Å². The van der Waals surface area contributed by atoms with E-state index in [-0.39, 0.29) is 0 Å². The third-order valence-electron chi connectivity index (χ3n) is 2.70. The molecule has 1 aromatic heterocycles. The predicted molar refractivity (Wildman–Crippen MR) is 78.3 cm³/mol. The number of nitrogens with zero attached hydrogens (tertiary/aromatic N) is 1. The Hall–Kier alpha value is -1.94. The highest BCUT2D eigenvalue weighted by Crippen LogP contribution is 2.29. The minimum atomic E-state index is -0.937. The number of aryl methyl sites for hydroxylation is 2. The molecule has 0 bridgehead atoms. The number of benzene rings is 1. The molecule has 0 amide bonds. The Balaban J connectivity index is 2.41. The van der Waals surface area contributed by atoms with E-state index in [0.29, 0.717) is 0 Å². The summed E-state index contributed by atoms with van der Waals surface area (Å²) < 4.78 is 0. The van der Waals surface area contributed by atoms with Crippen LogP contribution in [0.25, 0.3) is 16.6 Å². The largest absolute Gasteiger partial charge is 0.478 e. The number of thiazole rings is 1. The van der Waals surface area contributed by atoms with Crippen molar-refractivity contribution in [2.75, 3.05) is 0 Å². The van der Waals surface area contributed by atoms with Gasteiger partial charge in [-0.2, -0.15) is 0 Å². The lowest BCUT2D eigenvalue weighted by Crippen LogP contribution is -1.87. The molecule has 0 saturated heterocycles. The third kappa shape index (κ3) is 3.29. The number of rotatable bonds is 4. The standard InChI is InChI=1S/C15H15NO2S/c1-3-12-13(7-8-14(17)18)19-15(16-12)11-6-4-5-10(2)9-11/h4-9H,3H2,1-2H3,(H,17,18)/b8-7+. The van der Waals surface area contributed by atoms with E-state index in [4.69, 9.17) is 5.11 Å². The average molecular weight is 273 g/mol. The van der Waals surface area contributed by atoms with Gasteiger partial charge in [0.25, 0.3) is 0 Å². The van der Waals surface area contributed by atoms with Crippen LogP contribution >= 0.6 is 11.3 Å². The SMILES string of the molecule is CCc1nc(-c2cccc(C)c2)sc1/C=C/C(=O)O. The lowest BCUT2D eigenvalue weighted by Gasteiger charge is -1.97. The number of aliphatic carboxylic acids is 1. The summed E-state index contributed by atoms with van der Waals surface area (Å²) in [6, 6.07) is 8.16. The van der Waals surface area contributed by atoms with Crippen LogP contribution in [0.1, 0.15) is 23.1 Å². The second-order valence-corrected chi connectivity index (χ2v) is 5.26. The van der Waals surface area contributed by atoms with Gasteiger partial charge < -0.3 is 5.11 Å². The molecule has 4 heteroatoms. The Labute approximate surface area is 116 Å². The molecule has 0 radical (unpaired) electrons. The second-order valence-electron chi connectivity index (χ2n) is 4.22. The Kier molecular flexibility index (Phi) is 4.12. The van der Waals surface area contributed by atoms with Gasteiger partial charge in [-0.3, -0.25) is 0 Å². The Bertz CT molecular complexity index is 629. The first-order valence-corrected chi connectivity index (χ1v) is 6.89. The summed E-state index contributed by atoms with van der Waals surface area (Å²) in [6.07, 6.45) is 3.58. The number of hydrogen-bond donors (Lipinski definition) is 1. The smallest absolute Gasteiger partial charge is 0.328 e. The summed E-state index contributed by atoms with van der Waals surface area (Å²) in [6.45, 7) is 4.07. The first-order chi connectivity index (χ1) is 9.10. The van der Waals surface area contributed by atoms with Crippen molar-refractivity contribution in [1.29, 1.82) is 0 Å². The van der Waals surface area contributed by atoms with Gasteiger partial charge in [0.15, 0.2) is 0 Å². The molecule has 0 unspecified atom stereocenters. The molecular weight excluding hydrogens is 258 g/mol. The van der Waals surface area contributed by atoms with E-state index in [9.17, 15) is 4.79 Å². The Morgan fingerprint density at radius 3 is 2.89 bits per heavy atom. The molecule has 19 heavy (non-hydrogen) atoms. The molecule has 0 fully saturated rings. The van der Waals surface area contributed by atoms with Crippen LogP contribution in [0.3, 0.4) is 0 Å². The van der Waals surface area contributed by atoms with E-state index in [1.54, 1.807) is 6.08 Å². The van der Waals surface area contributed by atoms with Crippen LogP contribution in [0.4, 0.5) is 0 Å². The van der Waals surface area contributed by atoms with Gasteiger partial charge in [-0.05, 0) is 25.5 Å². The molecule has 2 aromatic rings. The van der Waals surface area contributed by atoms with Crippen LogP contribution < -0.4 is 0 Å². The summed E-state index contributed by atoms with van der Waals surface area (Å²) in [5, 5.41) is 9.63. The fourth-order valence-corrected chi connectivity index (χ4v) is 2.85. The molecule has 2 rings (SSSR count). The number of carbonyl (C=O) groups is 1. The van der Waals surface area contributed by atoms with Crippen LogP contribution in [-0.2, 0) is 11.2 Å². The maximum absolute atomic E-state index is 10.6. The first-order valence-electron chi connectivity index (χ1n) is 6.08. The van der Waals surface area contributed by atoms with Crippen LogP contribution in [0.15, 0.2) is 30.3 Å². The lowest BCUT2D eigenvalue weighted by atomic mass is 10.1. The van der Waals surface area contributed by atoms with Crippen molar-refractivity contribution in [1.82, 2.24) is 4.98 Å². The van der Waals surface area contributed by atoms with Gasteiger partial charge in [0, 0.05) is 11.6 Å². The van der Waals surface area contributed by atoms with E-state index in [1.807, 2.05) is 32.0 Å². The zero-order valence-electron chi connectivity index (χ0n) is 10.9. The monoisotopic (exact) mass is 273 g/mol. The third-order valence-corrected chi connectivity index (χ3v) is 3.82. The summed E-state index contributed by atoms with van der Waals surface area (Å²) in [4.78, 5) is 16.1. The molecule has 1 heterocycles. The highest BCUT2D eigenvalue weighted by atomic mass is 32.1.